The van der Waals surface area contributed by atoms with Crippen molar-refractivity contribution in [2.75, 3.05) is 7.05 Å². The van der Waals surface area contributed by atoms with Gasteiger partial charge < -0.3 is 0 Å². The van der Waals surface area contributed by atoms with Crippen LogP contribution in [0.3, 0.4) is 0 Å². The van der Waals surface area contributed by atoms with Crippen LogP contribution in [0.5, 0.6) is 0 Å². The number of hydrogen-bond acceptors (Lipinski definition) is 1. The van der Waals surface area contributed by atoms with E-state index in [4.69, 9.17) is 0 Å². The van der Waals surface area contributed by atoms with Crippen LogP contribution in [0, 0.1) is 5.92 Å². The number of nitrogens with zero attached hydrogens (tertiary/aromatic N) is 1. The Morgan fingerprint density at radius 2 is 1.61 bits per heavy atom. The lowest BCUT2D eigenvalue weighted by atomic mass is 9.76. The molecule has 0 spiro atoms. The van der Waals surface area contributed by atoms with E-state index in [9.17, 15) is 0 Å². The van der Waals surface area contributed by atoms with Crippen molar-refractivity contribution in [3.8, 4) is 0 Å². The summed E-state index contributed by atoms with van der Waals surface area (Å²) < 4.78 is 0. The monoisotopic (exact) mass is 303 g/mol. The Hall–Kier alpha value is -1.86. The molecule has 0 unspecified atom stereocenters. The zero-order valence-electron chi connectivity index (χ0n) is 13.8. The summed E-state index contributed by atoms with van der Waals surface area (Å²) in [5.41, 5.74) is 2.82. The Bertz CT molecular complexity index is 661. The van der Waals surface area contributed by atoms with Gasteiger partial charge in [0.1, 0.15) is 0 Å². The van der Waals surface area contributed by atoms with Gasteiger partial charge in [-0.2, -0.15) is 0 Å². The maximum atomic E-state index is 2.64. The average molecular weight is 303 g/mol. The van der Waals surface area contributed by atoms with Crippen LogP contribution in [0.1, 0.15) is 36.3 Å². The predicted molar refractivity (Wildman–Crippen MR) is 97.3 cm³/mol. The third kappa shape index (κ3) is 2.86. The molecule has 0 amide bonds. The van der Waals surface area contributed by atoms with Crippen LogP contribution in [-0.2, 0) is 0 Å². The molecule has 2 heterocycles. The second-order valence-electron chi connectivity index (χ2n) is 7.06. The van der Waals surface area contributed by atoms with E-state index in [1.54, 1.807) is 0 Å². The van der Waals surface area contributed by atoms with Crippen molar-refractivity contribution >= 4 is 6.08 Å². The molecule has 0 N–H and O–H groups in total. The lowest BCUT2D eigenvalue weighted by Gasteiger charge is -2.42. The van der Waals surface area contributed by atoms with E-state index >= 15 is 0 Å². The van der Waals surface area contributed by atoms with E-state index in [1.807, 2.05) is 0 Å². The molecular weight excluding hydrogens is 278 g/mol. The molecule has 1 nitrogen and oxygen atoms in total. The van der Waals surface area contributed by atoms with Gasteiger partial charge in [0, 0.05) is 12.1 Å². The fourth-order valence-electron chi connectivity index (χ4n) is 4.61. The number of benzene rings is 2. The molecule has 118 valence electrons. The molecule has 4 atom stereocenters. The standard InChI is InChI=1S/C22H25N/c1-23-19-13-15-22(23)20(14-12-17-8-4-2-5-9-17)21(16-19)18-10-6-3-7-11-18/h2-12,14,19-22H,13,15-16H2,1H3/b14-12+/t19-,20-,21+,22+/m0/s1. The van der Waals surface area contributed by atoms with Crippen LogP contribution >= 0.6 is 0 Å². The highest BCUT2D eigenvalue weighted by molar-refractivity contribution is 5.50. The molecular formula is C22H25N. The molecule has 0 radical (unpaired) electrons. The second-order valence-corrected chi connectivity index (χ2v) is 7.06. The third-order valence-corrected chi connectivity index (χ3v) is 5.87. The van der Waals surface area contributed by atoms with E-state index in [1.165, 1.54) is 30.4 Å². The van der Waals surface area contributed by atoms with Crippen LogP contribution in [0.2, 0.25) is 0 Å². The zero-order valence-corrected chi connectivity index (χ0v) is 13.8. The first kappa shape index (κ1) is 14.7. The molecule has 2 aromatic carbocycles. The minimum absolute atomic E-state index is 0.612. The SMILES string of the molecule is CN1[C@H]2CC[C@@H]1[C@@H](/C=C/c1ccccc1)[C@@H](c1ccccc1)C2. The quantitative estimate of drug-likeness (QED) is 0.774. The molecule has 23 heavy (non-hydrogen) atoms. The smallest absolute Gasteiger partial charge is 0.0164 e. The van der Waals surface area contributed by atoms with Gasteiger partial charge in [-0.3, -0.25) is 4.90 Å². The Balaban J connectivity index is 1.65. The van der Waals surface area contributed by atoms with Crippen molar-refractivity contribution in [1.82, 2.24) is 4.90 Å². The maximum Gasteiger partial charge on any atom is 0.0164 e. The first-order valence-corrected chi connectivity index (χ1v) is 8.83. The molecule has 0 aliphatic carbocycles. The van der Waals surface area contributed by atoms with Gasteiger partial charge in [0.15, 0.2) is 0 Å². The van der Waals surface area contributed by atoms with Gasteiger partial charge in [-0.1, -0.05) is 72.8 Å². The topological polar surface area (TPSA) is 3.24 Å². The van der Waals surface area contributed by atoms with Gasteiger partial charge in [-0.25, -0.2) is 0 Å². The summed E-state index contributed by atoms with van der Waals surface area (Å²) in [6.07, 6.45) is 8.80. The molecule has 2 bridgehead atoms. The summed E-state index contributed by atoms with van der Waals surface area (Å²) in [6, 6.07) is 23.3. The molecule has 2 aliphatic heterocycles. The molecule has 0 aromatic heterocycles. The molecule has 2 fully saturated rings. The molecule has 2 aromatic rings. The highest BCUT2D eigenvalue weighted by atomic mass is 15.2. The second kappa shape index (κ2) is 6.33. The van der Waals surface area contributed by atoms with E-state index in [0.717, 1.165) is 6.04 Å². The summed E-state index contributed by atoms with van der Waals surface area (Å²) >= 11 is 0. The normalized spacial score (nSPS) is 30.8. The van der Waals surface area contributed by atoms with E-state index in [2.05, 4.69) is 84.8 Å². The van der Waals surface area contributed by atoms with E-state index in [0.29, 0.717) is 17.9 Å². The summed E-state index contributed by atoms with van der Waals surface area (Å²) in [6.45, 7) is 0. The van der Waals surface area contributed by atoms with Gasteiger partial charge in [0.2, 0.25) is 0 Å². The van der Waals surface area contributed by atoms with Gasteiger partial charge in [0.05, 0.1) is 0 Å². The first-order chi connectivity index (χ1) is 11.3. The van der Waals surface area contributed by atoms with Crippen molar-refractivity contribution in [3.63, 3.8) is 0 Å². The highest BCUT2D eigenvalue weighted by Crippen LogP contribution is 2.46. The Morgan fingerprint density at radius 1 is 0.913 bits per heavy atom. The highest BCUT2D eigenvalue weighted by Gasteiger charge is 2.44. The lowest BCUT2D eigenvalue weighted by molar-refractivity contribution is 0.124. The van der Waals surface area contributed by atoms with Crippen molar-refractivity contribution in [2.24, 2.45) is 5.92 Å². The van der Waals surface area contributed by atoms with E-state index < -0.39 is 0 Å². The van der Waals surface area contributed by atoms with Crippen molar-refractivity contribution < 1.29 is 0 Å². The van der Waals surface area contributed by atoms with Crippen LogP contribution in [0.15, 0.2) is 66.7 Å². The van der Waals surface area contributed by atoms with E-state index in [-0.39, 0.29) is 0 Å². The third-order valence-electron chi connectivity index (χ3n) is 5.87. The maximum absolute atomic E-state index is 2.64. The molecule has 4 rings (SSSR count). The van der Waals surface area contributed by atoms with Crippen LogP contribution in [-0.4, -0.2) is 24.0 Å². The fourth-order valence-corrected chi connectivity index (χ4v) is 4.61. The summed E-state index contributed by atoms with van der Waals surface area (Å²) in [5.74, 6) is 1.27. The first-order valence-electron chi connectivity index (χ1n) is 8.83. The van der Waals surface area contributed by atoms with Gasteiger partial charge in [-0.15, -0.1) is 0 Å². The predicted octanol–water partition coefficient (Wildman–Crippen LogP) is 4.97. The van der Waals surface area contributed by atoms with Crippen LogP contribution in [0.4, 0.5) is 0 Å². The fraction of sp³-hybridized carbons (Fsp3) is 0.364. The number of piperidine rings is 1. The molecule has 2 saturated heterocycles. The largest absolute Gasteiger partial charge is 0.300 e. The Morgan fingerprint density at radius 3 is 2.35 bits per heavy atom. The summed E-state index contributed by atoms with van der Waals surface area (Å²) in [7, 11) is 2.33. The molecule has 1 heteroatoms. The average Bonchev–Trinajstić information content (AvgIpc) is 2.85. The van der Waals surface area contributed by atoms with Crippen molar-refractivity contribution in [3.05, 3.63) is 77.9 Å². The molecule has 0 saturated carbocycles. The number of hydrogen-bond donors (Lipinski definition) is 0. The lowest BCUT2D eigenvalue weighted by Crippen LogP contribution is -2.45. The minimum Gasteiger partial charge on any atom is -0.300 e. The van der Waals surface area contributed by atoms with Crippen LogP contribution < -0.4 is 0 Å². The van der Waals surface area contributed by atoms with Crippen molar-refractivity contribution in [2.45, 2.75) is 37.3 Å². The number of fused-ring (bicyclic) bond motifs is 2. The van der Waals surface area contributed by atoms with Gasteiger partial charge >= 0.3 is 0 Å². The summed E-state index contributed by atoms with van der Waals surface area (Å²) in [4.78, 5) is 2.64. The van der Waals surface area contributed by atoms with Crippen LogP contribution in [0.25, 0.3) is 6.08 Å². The van der Waals surface area contributed by atoms with Gasteiger partial charge in [-0.05, 0) is 49.3 Å². The molecule has 2 aliphatic rings. The van der Waals surface area contributed by atoms with Gasteiger partial charge in [0.25, 0.3) is 0 Å². The Labute approximate surface area is 139 Å². The minimum atomic E-state index is 0.612. The zero-order chi connectivity index (χ0) is 15.6. The number of rotatable bonds is 3. The van der Waals surface area contributed by atoms with Crippen molar-refractivity contribution in [1.29, 1.82) is 0 Å². The Kier molecular flexibility index (Phi) is 4.05. The summed E-state index contributed by atoms with van der Waals surface area (Å²) in [5, 5.41) is 0.